The molecule has 19 heavy (non-hydrogen) atoms. The molecule has 0 aliphatic heterocycles. The summed E-state index contributed by atoms with van der Waals surface area (Å²) in [5.74, 6) is 0.711. The number of rotatable bonds is 6. The summed E-state index contributed by atoms with van der Waals surface area (Å²) in [7, 11) is 0. The molecule has 1 aromatic carbocycles. The van der Waals surface area contributed by atoms with Crippen molar-refractivity contribution < 1.29 is 4.79 Å². The second kappa shape index (κ2) is 6.60. The molecule has 0 spiro atoms. The lowest BCUT2D eigenvalue weighted by atomic mass is 10.0. The van der Waals surface area contributed by atoms with Gasteiger partial charge in [-0.2, -0.15) is 0 Å². The standard InChI is InChI=1S/C16H24N2O/c1-3-4-5-13-8-9-15(12(2)10-13)18-16(19)17-11-14-6-7-14/h8-10,14H,3-7,11H2,1-2H3,(H2,17,18,19). The molecular weight excluding hydrogens is 236 g/mol. The van der Waals surface area contributed by atoms with Gasteiger partial charge in [-0.25, -0.2) is 4.79 Å². The maximum Gasteiger partial charge on any atom is 0.319 e. The van der Waals surface area contributed by atoms with E-state index in [4.69, 9.17) is 0 Å². The van der Waals surface area contributed by atoms with Crippen molar-refractivity contribution in [3.05, 3.63) is 29.3 Å². The average molecular weight is 260 g/mol. The molecule has 1 aliphatic rings. The Balaban J connectivity index is 1.86. The van der Waals surface area contributed by atoms with Crippen LogP contribution in [0.2, 0.25) is 0 Å². The number of carbonyl (C=O) groups excluding carboxylic acids is 1. The van der Waals surface area contributed by atoms with Gasteiger partial charge in [0.2, 0.25) is 0 Å². The van der Waals surface area contributed by atoms with Gasteiger partial charge in [-0.3, -0.25) is 0 Å². The van der Waals surface area contributed by atoms with Gasteiger partial charge in [0.25, 0.3) is 0 Å². The number of anilines is 1. The Labute approximate surface area is 115 Å². The Morgan fingerprint density at radius 1 is 1.37 bits per heavy atom. The van der Waals surface area contributed by atoms with Crippen LogP contribution >= 0.6 is 0 Å². The second-order valence-corrected chi connectivity index (χ2v) is 5.53. The lowest BCUT2D eigenvalue weighted by Crippen LogP contribution is -2.30. The van der Waals surface area contributed by atoms with E-state index < -0.39 is 0 Å². The highest BCUT2D eigenvalue weighted by atomic mass is 16.2. The first-order valence-corrected chi connectivity index (χ1v) is 7.33. The van der Waals surface area contributed by atoms with E-state index in [1.165, 1.54) is 31.2 Å². The zero-order valence-electron chi connectivity index (χ0n) is 12.0. The van der Waals surface area contributed by atoms with Gasteiger partial charge in [-0.1, -0.05) is 25.5 Å². The third kappa shape index (κ3) is 4.58. The third-order valence-electron chi connectivity index (χ3n) is 3.61. The molecule has 3 heteroatoms. The Kier molecular flexibility index (Phi) is 4.83. The zero-order chi connectivity index (χ0) is 13.7. The quantitative estimate of drug-likeness (QED) is 0.801. The van der Waals surface area contributed by atoms with E-state index in [1.807, 2.05) is 13.0 Å². The number of aryl methyl sites for hydroxylation is 2. The summed E-state index contributed by atoms with van der Waals surface area (Å²) in [6, 6.07) is 6.21. The van der Waals surface area contributed by atoms with Crippen LogP contribution in [0.3, 0.4) is 0 Å². The molecule has 0 bridgehead atoms. The predicted octanol–water partition coefficient (Wildman–Crippen LogP) is 3.87. The van der Waals surface area contributed by atoms with Gasteiger partial charge in [0, 0.05) is 12.2 Å². The number of hydrogen-bond donors (Lipinski definition) is 2. The fourth-order valence-electron chi connectivity index (χ4n) is 2.13. The number of benzene rings is 1. The molecule has 1 aromatic rings. The lowest BCUT2D eigenvalue weighted by Gasteiger charge is -2.11. The van der Waals surface area contributed by atoms with E-state index in [-0.39, 0.29) is 6.03 Å². The molecule has 0 unspecified atom stereocenters. The normalized spacial score (nSPS) is 14.2. The minimum absolute atomic E-state index is 0.0868. The van der Waals surface area contributed by atoms with Gasteiger partial charge in [0.15, 0.2) is 0 Å². The Bertz CT molecular complexity index is 438. The lowest BCUT2D eigenvalue weighted by molar-refractivity contribution is 0.251. The molecule has 2 N–H and O–H groups in total. The van der Waals surface area contributed by atoms with E-state index in [2.05, 4.69) is 29.7 Å². The highest BCUT2D eigenvalue weighted by Crippen LogP contribution is 2.27. The van der Waals surface area contributed by atoms with Gasteiger partial charge in [0.05, 0.1) is 0 Å². The highest BCUT2D eigenvalue weighted by molar-refractivity contribution is 5.90. The number of carbonyl (C=O) groups is 1. The molecule has 104 valence electrons. The van der Waals surface area contributed by atoms with Crippen LogP contribution in [0.25, 0.3) is 0 Å². The average Bonchev–Trinajstić information content (AvgIpc) is 3.21. The summed E-state index contributed by atoms with van der Waals surface area (Å²) >= 11 is 0. The molecule has 0 heterocycles. The molecule has 0 aromatic heterocycles. The molecule has 2 rings (SSSR count). The molecule has 0 saturated heterocycles. The van der Waals surface area contributed by atoms with Crippen LogP contribution in [0.4, 0.5) is 10.5 Å². The molecular formula is C16H24N2O. The summed E-state index contributed by atoms with van der Waals surface area (Å²) in [6.07, 6.45) is 6.05. The number of unbranched alkanes of at least 4 members (excludes halogenated alkanes) is 1. The van der Waals surface area contributed by atoms with Crippen molar-refractivity contribution in [2.45, 2.75) is 46.0 Å². The van der Waals surface area contributed by atoms with Crippen LogP contribution in [-0.4, -0.2) is 12.6 Å². The number of nitrogens with one attached hydrogen (secondary N) is 2. The predicted molar refractivity (Wildman–Crippen MR) is 79.5 cm³/mol. The molecule has 3 nitrogen and oxygen atoms in total. The Morgan fingerprint density at radius 2 is 2.16 bits per heavy atom. The van der Waals surface area contributed by atoms with Gasteiger partial charge in [0.1, 0.15) is 0 Å². The van der Waals surface area contributed by atoms with E-state index in [0.717, 1.165) is 24.2 Å². The molecule has 1 saturated carbocycles. The minimum Gasteiger partial charge on any atom is -0.338 e. The maximum atomic E-state index is 11.7. The van der Waals surface area contributed by atoms with E-state index in [0.29, 0.717) is 5.92 Å². The Morgan fingerprint density at radius 3 is 2.79 bits per heavy atom. The topological polar surface area (TPSA) is 41.1 Å². The Hall–Kier alpha value is -1.51. The van der Waals surface area contributed by atoms with Crippen molar-refractivity contribution in [2.75, 3.05) is 11.9 Å². The summed E-state index contributed by atoms with van der Waals surface area (Å²) in [6.45, 7) is 5.05. The summed E-state index contributed by atoms with van der Waals surface area (Å²) in [5.41, 5.74) is 3.40. The van der Waals surface area contributed by atoms with Crippen molar-refractivity contribution in [2.24, 2.45) is 5.92 Å². The van der Waals surface area contributed by atoms with E-state index in [1.54, 1.807) is 0 Å². The van der Waals surface area contributed by atoms with Crippen molar-refractivity contribution >= 4 is 11.7 Å². The highest BCUT2D eigenvalue weighted by Gasteiger charge is 2.21. The largest absolute Gasteiger partial charge is 0.338 e. The van der Waals surface area contributed by atoms with Crippen LogP contribution < -0.4 is 10.6 Å². The first-order chi connectivity index (χ1) is 9.19. The van der Waals surface area contributed by atoms with Crippen LogP contribution in [0.5, 0.6) is 0 Å². The molecule has 0 radical (unpaired) electrons. The van der Waals surface area contributed by atoms with Crippen molar-refractivity contribution in [1.82, 2.24) is 5.32 Å². The van der Waals surface area contributed by atoms with Crippen LogP contribution in [0, 0.1) is 12.8 Å². The van der Waals surface area contributed by atoms with Gasteiger partial charge in [-0.15, -0.1) is 0 Å². The van der Waals surface area contributed by atoms with Gasteiger partial charge in [-0.05, 0) is 55.7 Å². The first-order valence-electron chi connectivity index (χ1n) is 7.33. The smallest absolute Gasteiger partial charge is 0.319 e. The zero-order valence-corrected chi connectivity index (χ0v) is 12.0. The fraction of sp³-hybridized carbons (Fsp3) is 0.562. The summed E-state index contributed by atoms with van der Waals surface area (Å²) in [4.78, 5) is 11.7. The first kappa shape index (κ1) is 13.9. The molecule has 1 fully saturated rings. The molecule has 2 amide bonds. The SMILES string of the molecule is CCCCc1ccc(NC(=O)NCC2CC2)c(C)c1. The fourth-order valence-corrected chi connectivity index (χ4v) is 2.13. The van der Waals surface area contributed by atoms with Crippen molar-refractivity contribution in [1.29, 1.82) is 0 Å². The van der Waals surface area contributed by atoms with Crippen LogP contribution in [0.1, 0.15) is 43.7 Å². The maximum absolute atomic E-state index is 11.7. The number of urea groups is 1. The third-order valence-corrected chi connectivity index (χ3v) is 3.61. The van der Waals surface area contributed by atoms with E-state index in [9.17, 15) is 4.79 Å². The van der Waals surface area contributed by atoms with Crippen molar-refractivity contribution in [3.8, 4) is 0 Å². The van der Waals surface area contributed by atoms with Crippen LogP contribution in [-0.2, 0) is 6.42 Å². The minimum atomic E-state index is -0.0868. The monoisotopic (exact) mass is 260 g/mol. The van der Waals surface area contributed by atoms with Crippen LogP contribution in [0.15, 0.2) is 18.2 Å². The summed E-state index contributed by atoms with van der Waals surface area (Å²) < 4.78 is 0. The number of amides is 2. The number of hydrogen-bond acceptors (Lipinski definition) is 1. The van der Waals surface area contributed by atoms with E-state index >= 15 is 0 Å². The molecule has 1 aliphatic carbocycles. The second-order valence-electron chi connectivity index (χ2n) is 5.53. The van der Waals surface area contributed by atoms with Gasteiger partial charge < -0.3 is 10.6 Å². The molecule has 0 atom stereocenters. The van der Waals surface area contributed by atoms with Gasteiger partial charge >= 0.3 is 6.03 Å². The van der Waals surface area contributed by atoms with Crippen molar-refractivity contribution in [3.63, 3.8) is 0 Å². The summed E-state index contributed by atoms with van der Waals surface area (Å²) in [5, 5.41) is 5.85.